The van der Waals surface area contributed by atoms with E-state index in [0.717, 1.165) is 23.9 Å². The lowest BCUT2D eigenvalue weighted by atomic mass is 9.83. The lowest BCUT2D eigenvalue weighted by molar-refractivity contribution is -0.117. The molecule has 2 heterocycles. The van der Waals surface area contributed by atoms with Crippen molar-refractivity contribution in [3.8, 4) is 0 Å². The number of aromatic nitrogens is 2. The molecule has 0 unspecified atom stereocenters. The van der Waals surface area contributed by atoms with Crippen molar-refractivity contribution < 1.29 is 4.79 Å². The Morgan fingerprint density at radius 3 is 2.62 bits per heavy atom. The van der Waals surface area contributed by atoms with E-state index in [-0.39, 0.29) is 11.5 Å². The number of aryl methyl sites for hydroxylation is 1. The highest BCUT2D eigenvalue weighted by molar-refractivity contribution is 5.98. The number of amides is 1. The molecule has 1 amide bonds. The molecular formula is C26H32N4O2. The van der Waals surface area contributed by atoms with Crippen LogP contribution in [0.3, 0.4) is 0 Å². The summed E-state index contributed by atoms with van der Waals surface area (Å²) in [5.41, 5.74) is 2.39. The lowest BCUT2D eigenvalue weighted by Gasteiger charge is -2.34. The van der Waals surface area contributed by atoms with E-state index < -0.39 is 5.92 Å². The van der Waals surface area contributed by atoms with Gasteiger partial charge in [0, 0.05) is 17.6 Å². The quantitative estimate of drug-likeness (QED) is 0.612. The molecule has 1 saturated heterocycles. The van der Waals surface area contributed by atoms with Gasteiger partial charge in [-0.25, -0.2) is 5.10 Å². The molecule has 0 saturated carbocycles. The number of nitrogens with one attached hydrogen (secondary N) is 2. The molecule has 1 aliphatic heterocycles. The number of carbonyl (C=O) groups is 1. The van der Waals surface area contributed by atoms with Crippen LogP contribution in [0, 0.1) is 11.8 Å². The third-order valence-corrected chi connectivity index (χ3v) is 6.84. The van der Waals surface area contributed by atoms with Crippen LogP contribution in [-0.4, -0.2) is 41.1 Å². The summed E-state index contributed by atoms with van der Waals surface area (Å²) < 4.78 is 0. The highest BCUT2D eigenvalue weighted by Crippen LogP contribution is 2.27. The summed E-state index contributed by atoms with van der Waals surface area (Å²) in [4.78, 5) is 27.3. The zero-order valence-electron chi connectivity index (χ0n) is 19.1. The fraction of sp³-hybridized carbons (Fsp3) is 0.423. The molecule has 2 aromatic carbocycles. The molecule has 4 rings (SSSR count). The van der Waals surface area contributed by atoms with Crippen molar-refractivity contribution in [3.63, 3.8) is 0 Å². The van der Waals surface area contributed by atoms with E-state index >= 15 is 0 Å². The van der Waals surface area contributed by atoms with E-state index in [1.54, 1.807) is 19.1 Å². The molecule has 0 spiro atoms. The van der Waals surface area contributed by atoms with Gasteiger partial charge < -0.3 is 10.2 Å². The molecule has 2 N–H and O–H groups in total. The summed E-state index contributed by atoms with van der Waals surface area (Å²) >= 11 is 0. The molecule has 1 aromatic heterocycles. The zero-order valence-corrected chi connectivity index (χ0v) is 19.1. The number of nitrogens with zero attached hydrogens (tertiary/aromatic N) is 2. The van der Waals surface area contributed by atoms with Gasteiger partial charge in [0.25, 0.3) is 5.56 Å². The van der Waals surface area contributed by atoms with Crippen molar-refractivity contribution in [2.45, 2.75) is 39.0 Å². The number of aromatic amines is 1. The molecule has 1 fully saturated rings. The number of fused-ring (bicyclic) bond motifs is 1. The standard InChI is InChI=1S/C26H32N4O2/c1-17-16-30(3)15-14-20(17)11-8-19-9-12-21(13-10-19)27-25(31)18(2)24-22-6-4-5-7-23(22)26(32)29-28-24/h4-7,9-10,12-13,17-18,20H,8,11,14-16H2,1-3H3,(H,27,31)(H,29,32)/t17-,18-,20+/m0/s1. The number of hydrogen-bond donors (Lipinski definition) is 2. The van der Waals surface area contributed by atoms with Gasteiger partial charge in [-0.1, -0.05) is 37.3 Å². The van der Waals surface area contributed by atoms with E-state index in [9.17, 15) is 9.59 Å². The minimum absolute atomic E-state index is 0.150. The van der Waals surface area contributed by atoms with Gasteiger partial charge >= 0.3 is 0 Å². The van der Waals surface area contributed by atoms with Gasteiger partial charge in [-0.2, -0.15) is 5.10 Å². The van der Waals surface area contributed by atoms with Gasteiger partial charge in [-0.15, -0.1) is 0 Å². The van der Waals surface area contributed by atoms with Crippen LogP contribution in [0.2, 0.25) is 0 Å². The predicted octanol–water partition coefficient (Wildman–Crippen LogP) is 4.19. The summed E-state index contributed by atoms with van der Waals surface area (Å²) in [6.45, 7) is 6.55. The molecule has 6 nitrogen and oxygen atoms in total. The maximum Gasteiger partial charge on any atom is 0.272 e. The number of likely N-dealkylation sites (tertiary alicyclic amines) is 1. The fourth-order valence-corrected chi connectivity index (χ4v) is 4.78. The van der Waals surface area contributed by atoms with Gasteiger partial charge in [0.1, 0.15) is 0 Å². The van der Waals surface area contributed by atoms with E-state index in [0.29, 0.717) is 16.5 Å². The van der Waals surface area contributed by atoms with Crippen molar-refractivity contribution in [2.75, 3.05) is 25.5 Å². The van der Waals surface area contributed by atoms with E-state index in [1.807, 2.05) is 24.3 Å². The first-order valence-corrected chi connectivity index (χ1v) is 11.5. The van der Waals surface area contributed by atoms with Crippen LogP contribution < -0.4 is 10.9 Å². The Kier molecular flexibility index (Phi) is 6.70. The summed E-state index contributed by atoms with van der Waals surface area (Å²) in [7, 11) is 2.20. The minimum Gasteiger partial charge on any atom is -0.326 e. The van der Waals surface area contributed by atoms with E-state index in [2.05, 4.69) is 46.5 Å². The number of carbonyl (C=O) groups excluding carboxylic acids is 1. The third-order valence-electron chi connectivity index (χ3n) is 6.84. The Morgan fingerprint density at radius 2 is 1.91 bits per heavy atom. The maximum absolute atomic E-state index is 12.9. The Morgan fingerprint density at radius 1 is 1.19 bits per heavy atom. The first kappa shape index (κ1) is 22.2. The van der Waals surface area contributed by atoms with Crippen molar-refractivity contribution in [2.24, 2.45) is 11.8 Å². The summed E-state index contributed by atoms with van der Waals surface area (Å²) in [5.74, 6) is 0.877. The van der Waals surface area contributed by atoms with Crippen LogP contribution in [0.25, 0.3) is 10.8 Å². The number of benzene rings is 2. The Labute approximate surface area is 189 Å². The van der Waals surface area contributed by atoms with Gasteiger partial charge in [-0.3, -0.25) is 9.59 Å². The highest BCUT2D eigenvalue weighted by atomic mass is 16.2. The molecular weight excluding hydrogens is 400 g/mol. The average molecular weight is 433 g/mol. The van der Waals surface area contributed by atoms with E-state index in [4.69, 9.17) is 0 Å². The second-order valence-electron chi connectivity index (χ2n) is 9.22. The lowest BCUT2D eigenvalue weighted by Crippen LogP contribution is -2.36. The molecule has 1 aliphatic rings. The molecule has 0 aliphatic carbocycles. The minimum atomic E-state index is -0.498. The number of piperidine rings is 1. The third kappa shape index (κ3) is 4.91. The van der Waals surface area contributed by atoms with Crippen LogP contribution in [-0.2, 0) is 11.2 Å². The number of rotatable bonds is 6. The van der Waals surface area contributed by atoms with Crippen LogP contribution in [0.1, 0.15) is 43.9 Å². The van der Waals surface area contributed by atoms with E-state index in [1.165, 1.54) is 31.5 Å². The molecule has 0 bridgehead atoms. The Bertz CT molecular complexity index is 1140. The van der Waals surface area contributed by atoms with Gasteiger partial charge in [-0.05, 0) is 75.4 Å². The average Bonchev–Trinajstić information content (AvgIpc) is 2.79. The summed E-state index contributed by atoms with van der Waals surface area (Å²) in [6.07, 6.45) is 3.55. The van der Waals surface area contributed by atoms with Crippen LogP contribution in [0.4, 0.5) is 5.69 Å². The molecule has 0 radical (unpaired) electrons. The van der Waals surface area contributed by atoms with Gasteiger partial charge in [0.2, 0.25) is 5.91 Å². The predicted molar refractivity (Wildman–Crippen MR) is 129 cm³/mol. The largest absolute Gasteiger partial charge is 0.326 e. The first-order chi connectivity index (χ1) is 15.4. The van der Waals surface area contributed by atoms with Crippen molar-refractivity contribution in [1.29, 1.82) is 0 Å². The topological polar surface area (TPSA) is 78.1 Å². The number of hydrogen-bond acceptors (Lipinski definition) is 4. The van der Waals surface area contributed by atoms with Crippen molar-refractivity contribution in [3.05, 3.63) is 70.1 Å². The normalized spacial score (nSPS) is 20.2. The highest BCUT2D eigenvalue weighted by Gasteiger charge is 2.24. The molecule has 32 heavy (non-hydrogen) atoms. The Balaban J connectivity index is 1.38. The van der Waals surface area contributed by atoms with Crippen LogP contribution in [0.5, 0.6) is 0 Å². The smallest absolute Gasteiger partial charge is 0.272 e. The maximum atomic E-state index is 12.9. The zero-order chi connectivity index (χ0) is 22.7. The molecule has 3 atom stereocenters. The molecule has 3 aromatic rings. The van der Waals surface area contributed by atoms with Gasteiger partial charge in [0.05, 0.1) is 17.0 Å². The van der Waals surface area contributed by atoms with Crippen molar-refractivity contribution in [1.82, 2.24) is 15.1 Å². The van der Waals surface area contributed by atoms with Gasteiger partial charge in [0.15, 0.2) is 0 Å². The second kappa shape index (κ2) is 9.65. The molecule has 168 valence electrons. The summed E-state index contributed by atoms with van der Waals surface area (Å²) in [6, 6.07) is 15.4. The van der Waals surface area contributed by atoms with Crippen LogP contribution >= 0.6 is 0 Å². The number of H-pyrrole nitrogens is 1. The number of anilines is 1. The second-order valence-corrected chi connectivity index (χ2v) is 9.22. The monoisotopic (exact) mass is 432 g/mol. The van der Waals surface area contributed by atoms with Crippen LogP contribution in [0.15, 0.2) is 53.3 Å². The summed E-state index contributed by atoms with van der Waals surface area (Å²) in [5, 5.41) is 10.9. The van der Waals surface area contributed by atoms with Crippen molar-refractivity contribution >= 4 is 22.4 Å². The first-order valence-electron chi connectivity index (χ1n) is 11.5. The Hall–Kier alpha value is -2.99. The molecule has 6 heteroatoms. The fourth-order valence-electron chi connectivity index (χ4n) is 4.78. The SMILES string of the molecule is C[C@H](C(=O)Nc1ccc(CC[C@@H]2CCN(C)C[C@@H]2C)cc1)c1n[nH]c(=O)c2ccccc12.